The number of carboxylic acid groups (broad SMARTS) is 1. The maximum Gasteiger partial charge on any atom is 0.339 e. The zero-order chi connectivity index (χ0) is 11.4. The Bertz CT molecular complexity index is 440. The fourth-order valence-electron chi connectivity index (χ4n) is 0.970. The van der Waals surface area contributed by atoms with E-state index in [0.717, 1.165) is 0 Å². The summed E-state index contributed by atoms with van der Waals surface area (Å²) in [6.07, 6.45) is 0. The number of hydrogen-bond acceptors (Lipinski definition) is 3. The first-order chi connectivity index (χ1) is 7.06. The molecule has 1 N–H and O–H groups in total. The molecule has 0 bridgehead atoms. The van der Waals surface area contributed by atoms with Crippen LogP contribution in [0.1, 0.15) is 10.4 Å². The number of nitrogens with zero attached hydrogens (tertiary/aromatic N) is 1. The summed E-state index contributed by atoms with van der Waals surface area (Å²) in [6.45, 7) is -0.194. The summed E-state index contributed by atoms with van der Waals surface area (Å²) in [5.41, 5.74) is 0.00602. The summed E-state index contributed by atoms with van der Waals surface area (Å²) in [5, 5.41) is 17.3. The number of halogens is 2. The molecule has 1 aromatic rings. The van der Waals surface area contributed by atoms with E-state index in [9.17, 15) is 4.79 Å². The fourth-order valence-corrected chi connectivity index (χ4v) is 2.31. The summed E-state index contributed by atoms with van der Waals surface area (Å²) < 4.78 is 6.14. The number of ether oxygens (including phenoxy) is 1. The van der Waals surface area contributed by atoms with Crippen LogP contribution in [-0.4, -0.2) is 17.7 Å². The summed E-state index contributed by atoms with van der Waals surface area (Å²) in [6, 6.07) is 4.84. The Morgan fingerprint density at radius 3 is 2.73 bits per heavy atom. The maximum atomic E-state index is 10.9. The van der Waals surface area contributed by atoms with Gasteiger partial charge in [0.15, 0.2) is 6.61 Å². The Morgan fingerprint density at radius 1 is 1.53 bits per heavy atom. The predicted molar refractivity (Wildman–Crippen MR) is 59.9 cm³/mol. The summed E-state index contributed by atoms with van der Waals surface area (Å²) in [4.78, 5) is 10.9. The highest BCUT2D eigenvalue weighted by Gasteiger charge is 2.15. The van der Waals surface area contributed by atoms with Gasteiger partial charge in [-0.1, -0.05) is 15.9 Å². The second-order valence-corrected chi connectivity index (χ2v) is 4.29. The van der Waals surface area contributed by atoms with Gasteiger partial charge in [-0.2, -0.15) is 5.26 Å². The molecule has 1 aromatic carbocycles. The molecule has 4 nitrogen and oxygen atoms in total. The largest absolute Gasteiger partial charge is 0.478 e. The van der Waals surface area contributed by atoms with Gasteiger partial charge in [0.25, 0.3) is 0 Å². The molecule has 0 aromatic heterocycles. The molecule has 0 unspecified atom stereocenters. The molecule has 0 spiro atoms. The third-order valence-corrected chi connectivity index (χ3v) is 2.57. The van der Waals surface area contributed by atoms with Crippen molar-refractivity contribution >= 4 is 37.8 Å². The lowest BCUT2D eigenvalue weighted by molar-refractivity contribution is 0.0692. The maximum absolute atomic E-state index is 10.9. The van der Waals surface area contributed by atoms with Crippen molar-refractivity contribution in [2.24, 2.45) is 0 Å². The van der Waals surface area contributed by atoms with Crippen molar-refractivity contribution in [1.29, 1.82) is 5.26 Å². The third kappa shape index (κ3) is 2.94. The smallest absolute Gasteiger partial charge is 0.339 e. The molecule has 0 fully saturated rings. The first-order valence-corrected chi connectivity index (χ1v) is 5.37. The minimum atomic E-state index is -1.11. The van der Waals surface area contributed by atoms with Crippen molar-refractivity contribution in [1.82, 2.24) is 0 Å². The van der Waals surface area contributed by atoms with E-state index in [4.69, 9.17) is 15.1 Å². The van der Waals surface area contributed by atoms with Crippen LogP contribution >= 0.6 is 31.9 Å². The van der Waals surface area contributed by atoms with E-state index in [1.807, 2.05) is 0 Å². The van der Waals surface area contributed by atoms with E-state index in [0.29, 0.717) is 8.95 Å². The molecule has 78 valence electrons. The van der Waals surface area contributed by atoms with Crippen molar-refractivity contribution in [3.8, 4) is 11.8 Å². The van der Waals surface area contributed by atoms with Crippen LogP contribution in [-0.2, 0) is 0 Å². The second kappa shape index (κ2) is 5.14. The molecule has 0 amide bonds. The third-order valence-electron chi connectivity index (χ3n) is 1.52. The number of carboxylic acids is 1. The van der Waals surface area contributed by atoms with Crippen molar-refractivity contribution in [3.63, 3.8) is 0 Å². The summed E-state index contributed by atoms with van der Waals surface area (Å²) in [5.74, 6) is -0.947. The number of carbonyl (C=O) groups is 1. The van der Waals surface area contributed by atoms with Crippen LogP contribution in [0, 0.1) is 11.3 Å². The van der Waals surface area contributed by atoms with Gasteiger partial charge in [-0.05, 0) is 28.1 Å². The normalized spacial score (nSPS) is 9.40. The monoisotopic (exact) mass is 333 g/mol. The van der Waals surface area contributed by atoms with Gasteiger partial charge < -0.3 is 9.84 Å². The predicted octanol–water partition coefficient (Wildman–Crippen LogP) is 2.81. The summed E-state index contributed by atoms with van der Waals surface area (Å²) in [7, 11) is 0. The van der Waals surface area contributed by atoms with Gasteiger partial charge in [-0.25, -0.2) is 4.79 Å². The van der Waals surface area contributed by atoms with Gasteiger partial charge in [-0.3, -0.25) is 0 Å². The molecule has 6 heteroatoms. The van der Waals surface area contributed by atoms with Crippen molar-refractivity contribution in [2.75, 3.05) is 6.61 Å². The topological polar surface area (TPSA) is 70.3 Å². The SMILES string of the molecule is N#CCOc1c(Br)cc(Br)cc1C(=O)O. The van der Waals surface area contributed by atoms with Crippen LogP contribution in [0.4, 0.5) is 0 Å². The molecule has 0 heterocycles. The lowest BCUT2D eigenvalue weighted by Gasteiger charge is -2.08. The van der Waals surface area contributed by atoms with Crippen LogP contribution in [0.5, 0.6) is 5.75 Å². The Balaban J connectivity index is 3.22. The number of rotatable bonds is 3. The fraction of sp³-hybridized carbons (Fsp3) is 0.111. The molecule has 0 aliphatic heterocycles. The summed E-state index contributed by atoms with van der Waals surface area (Å²) >= 11 is 6.34. The molecular weight excluding hydrogens is 330 g/mol. The standard InChI is InChI=1S/C9H5Br2NO3/c10-5-3-6(9(13)14)8(7(11)4-5)15-2-1-12/h3-4H,2H2,(H,13,14). The number of benzene rings is 1. The molecule has 0 aliphatic carbocycles. The molecule has 0 radical (unpaired) electrons. The molecular formula is C9H5Br2NO3. The Hall–Kier alpha value is -1.06. The Kier molecular flexibility index (Phi) is 4.12. The molecule has 0 saturated carbocycles. The molecule has 1 rings (SSSR count). The minimum absolute atomic E-state index is 0.00602. The Morgan fingerprint density at radius 2 is 2.20 bits per heavy atom. The van der Waals surface area contributed by atoms with Crippen LogP contribution in [0.2, 0.25) is 0 Å². The van der Waals surface area contributed by atoms with Crippen molar-refractivity contribution in [2.45, 2.75) is 0 Å². The van der Waals surface area contributed by atoms with E-state index in [-0.39, 0.29) is 17.9 Å². The highest BCUT2D eigenvalue weighted by atomic mass is 79.9. The van der Waals surface area contributed by atoms with Gasteiger partial charge in [0.2, 0.25) is 0 Å². The average molecular weight is 335 g/mol. The van der Waals surface area contributed by atoms with Crippen molar-refractivity contribution in [3.05, 3.63) is 26.6 Å². The van der Waals surface area contributed by atoms with Gasteiger partial charge in [-0.15, -0.1) is 0 Å². The van der Waals surface area contributed by atoms with Gasteiger partial charge >= 0.3 is 5.97 Å². The zero-order valence-electron chi connectivity index (χ0n) is 7.33. The number of hydrogen-bond donors (Lipinski definition) is 1. The lowest BCUT2D eigenvalue weighted by Crippen LogP contribution is -2.04. The molecule has 0 aliphatic rings. The molecule has 0 saturated heterocycles. The zero-order valence-corrected chi connectivity index (χ0v) is 10.5. The highest BCUT2D eigenvalue weighted by molar-refractivity contribution is 9.11. The number of aromatic carboxylic acids is 1. The number of nitriles is 1. The van der Waals surface area contributed by atoms with Crippen LogP contribution in [0.25, 0.3) is 0 Å². The first-order valence-electron chi connectivity index (χ1n) is 3.78. The highest BCUT2D eigenvalue weighted by Crippen LogP contribution is 2.32. The first kappa shape index (κ1) is 12.0. The van der Waals surface area contributed by atoms with E-state index in [2.05, 4.69) is 31.9 Å². The quantitative estimate of drug-likeness (QED) is 0.922. The van der Waals surface area contributed by atoms with E-state index in [1.54, 1.807) is 12.1 Å². The molecule has 15 heavy (non-hydrogen) atoms. The van der Waals surface area contributed by atoms with Gasteiger partial charge in [0.1, 0.15) is 17.4 Å². The van der Waals surface area contributed by atoms with Crippen LogP contribution < -0.4 is 4.74 Å². The average Bonchev–Trinajstić information content (AvgIpc) is 2.15. The van der Waals surface area contributed by atoms with Crippen LogP contribution in [0.3, 0.4) is 0 Å². The van der Waals surface area contributed by atoms with E-state index < -0.39 is 5.97 Å². The van der Waals surface area contributed by atoms with E-state index in [1.165, 1.54) is 6.07 Å². The van der Waals surface area contributed by atoms with Gasteiger partial charge in [0.05, 0.1) is 4.47 Å². The van der Waals surface area contributed by atoms with Crippen molar-refractivity contribution < 1.29 is 14.6 Å². The lowest BCUT2D eigenvalue weighted by atomic mass is 10.2. The van der Waals surface area contributed by atoms with Crippen LogP contribution in [0.15, 0.2) is 21.1 Å². The van der Waals surface area contributed by atoms with E-state index >= 15 is 0 Å². The van der Waals surface area contributed by atoms with Gasteiger partial charge in [0, 0.05) is 4.47 Å². The second-order valence-electron chi connectivity index (χ2n) is 2.52. The minimum Gasteiger partial charge on any atom is -0.478 e. The Labute approximate surface area is 103 Å². The molecule has 0 atom stereocenters.